The van der Waals surface area contributed by atoms with Gasteiger partial charge in [-0.1, -0.05) is 0 Å². The fourth-order valence-corrected chi connectivity index (χ4v) is 2.80. The normalized spacial score (nSPS) is 14.0. The minimum Gasteiger partial charge on any atom is -0.357 e. The van der Waals surface area contributed by atoms with Gasteiger partial charge in [0.25, 0.3) is 0 Å². The van der Waals surface area contributed by atoms with Crippen molar-refractivity contribution < 1.29 is 4.79 Å². The Morgan fingerprint density at radius 3 is 2.62 bits per heavy atom. The largest absolute Gasteiger partial charge is 0.357 e. The Balaban J connectivity index is 1.52. The highest BCUT2D eigenvalue weighted by Gasteiger charge is 2.14. The van der Waals surface area contributed by atoms with Gasteiger partial charge in [0, 0.05) is 25.3 Å². The van der Waals surface area contributed by atoms with Crippen LogP contribution in [0.25, 0.3) is 0 Å². The fraction of sp³-hybridized carbons (Fsp3) is 0.500. The number of aromatic amines is 1. The van der Waals surface area contributed by atoms with Crippen molar-refractivity contribution >= 4 is 11.8 Å². The fourth-order valence-electron chi connectivity index (χ4n) is 2.80. The SMILES string of the molecule is Cc1cc(CNC(=O)NCc2n[nH]c(C)n2)cc(N2CCCC2)n1. The lowest BCUT2D eigenvalue weighted by Gasteiger charge is -2.18. The molecule has 8 heteroatoms. The van der Waals surface area contributed by atoms with Crippen molar-refractivity contribution in [2.45, 2.75) is 39.8 Å². The van der Waals surface area contributed by atoms with Crippen molar-refractivity contribution in [2.24, 2.45) is 0 Å². The second-order valence-corrected chi connectivity index (χ2v) is 6.04. The molecule has 1 aliphatic heterocycles. The zero-order valence-electron chi connectivity index (χ0n) is 14.1. The second kappa shape index (κ2) is 7.29. The van der Waals surface area contributed by atoms with Crippen LogP contribution in [0.15, 0.2) is 12.1 Å². The van der Waals surface area contributed by atoms with Crippen molar-refractivity contribution in [1.82, 2.24) is 30.8 Å². The lowest BCUT2D eigenvalue weighted by Crippen LogP contribution is -2.35. The molecule has 3 N–H and O–H groups in total. The van der Waals surface area contributed by atoms with Crippen LogP contribution in [0.3, 0.4) is 0 Å². The maximum atomic E-state index is 11.9. The Labute approximate surface area is 141 Å². The number of pyridine rings is 1. The van der Waals surface area contributed by atoms with Gasteiger partial charge in [0.05, 0.1) is 6.54 Å². The van der Waals surface area contributed by atoms with Crippen LogP contribution in [0.5, 0.6) is 0 Å². The Morgan fingerprint density at radius 1 is 1.17 bits per heavy atom. The number of nitrogens with one attached hydrogen (secondary N) is 3. The van der Waals surface area contributed by atoms with Crippen LogP contribution in [0, 0.1) is 13.8 Å². The van der Waals surface area contributed by atoms with E-state index in [1.54, 1.807) is 0 Å². The van der Waals surface area contributed by atoms with Gasteiger partial charge in [0.15, 0.2) is 5.82 Å². The second-order valence-electron chi connectivity index (χ2n) is 6.04. The molecule has 1 fully saturated rings. The zero-order chi connectivity index (χ0) is 16.9. The third-order valence-corrected chi connectivity index (χ3v) is 3.93. The van der Waals surface area contributed by atoms with Gasteiger partial charge in [0.1, 0.15) is 11.6 Å². The maximum Gasteiger partial charge on any atom is 0.315 e. The number of carbonyl (C=O) groups is 1. The van der Waals surface area contributed by atoms with Crippen LogP contribution in [0.1, 0.15) is 35.7 Å². The summed E-state index contributed by atoms with van der Waals surface area (Å²) in [7, 11) is 0. The number of nitrogens with zero attached hydrogens (tertiary/aromatic N) is 4. The van der Waals surface area contributed by atoms with Crippen molar-refractivity contribution in [1.29, 1.82) is 0 Å². The summed E-state index contributed by atoms with van der Waals surface area (Å²) < 4.78 is 0. The molecule has 0 bridgehead atoms. The quantitative estimate of drug-likeness (QED) is 0.770. The van der Waals surface area contributed by atoms with Crippen LogP contribution >= 0.6 is 0 Å². The highest BCUT2D eigenvalue weighted by molar-refractivity contribution is 5.73. The molecule has 3 rings (SSSR count). The molecular formula is C16H23N7O. The summed E-state index contributed by atoms with van der Waals surface area (Å²) >= 11 is 0. The van der Waals surface area contributed by atoms with E-state index in [2.05, 4.69) is 41.8 Å². The molecule has 2 amide bonds. The number of H-pyrrole nitrogens is 1. The number of aryl methyl sites for hydroxylation is 2. The van der Waals surface area contributed by atoms with Gasteiger partial charge >= 0.3 is 6.03 Å². The summed E-state index contributed by atoms with van der Waals surface area (Å²) in [6.45, 7) is 6.67. The van der Waals surface area contributed by atoms with Gasteiger partial charge in [-0.05, 0) is 44.4 Å². The molecule has 0 radical (unpaired) electrons. The van der Waals surface area contributed by atoms with E-state index in [9.17, 15) is 4.79 Å². The summed E-state index contributed by atoms with van der Waals surface area (Å²) in [6, 6.07) is 3.81. The third-order valence-electron chi connectivity index (χ3n) is 3.93. The van der Waals surface area contributed by atoms with Gasteiger partial charge in [-0.2, -0.15) is 5.10 Å². The number of carbonyl (C=O) groups excluding carboxylic acids is 1. The summed E-state index contributed by atoms with van der Waals surface area (Å²) in [5.74, 6) is 2.30. The van der Waals surface area contributed by atoms with Crippen molar-refractivity contribution in [3.8, 4) is 0 Å². The van der Waals surface area contributed by atoms with Crippen molar-refractivity contribution in [3.63, 3.8) is 0 Å². The number of anilines is 1. The van der Waals surface area contributed by atoms with Gasteiger partial charge in [-0.25, -0.2) is 14.8 Å². The average molecular weight is 329 g/mol. The molecular weight excluding hydrogens is 306 g/mol. The first-order chi connectivity index (χ1) is 11.6. The van der Waals surface area contributed by atoms with Crippen LogP contribution < -0.4 is 15.5 Å². The summed E-state index contributed by atoms with van der Waals surface area (Å²) in [6.07, 6.45) is 2.43. The molecule has 1 aliphatic rings. The Kier molecular flexibility index (Phi) is 4.93. The topological polar surface area (TPSA) is 98.8 Å². The number of amides is 2. The van der Waals surface area contributed by atoms with Crippen LogP contribution in [0.2, 0.25) is 0 Å². The van der Waals surface area contributed by atoms with Gasteiger partial charge < -0.3 is 15.5 Å². The highest BCUT2D eigenvalue weighted by atomic mass is 16.2. The first-order valence-electron chi connectivity index (χ1n) is 8.22. The molecule has 0 atom stereocenters. The minimum atomic E-state index is -0.241. The van der Waals surface area contributed by atoms with Gasteiger partial charge in [0.2, 0.25) is 0 Å². The average Bonchev–Trinajstić information content (AvgIpc) is 3.22. The van der Waals surface area contributed by atoms with E-state index in [-0.39, 0.29) is 6.03 Å². The number of urea groups is 1. The maximum absolute atomic E-state index is 11.9. The molecule has 2 aromatic heterocycles. The lowest BCUT2D eigenvalue weighted by molar-refractivity contribution is 0.240. The highest BCUT2D eigenvalue weighted by Crippen LogP contribution is 2.19. The standard InChI is InChI=1S/C16H23N7O/c1-11-7-13(8-15(19-11)23-5-3-4-6-23)9-17-16(24)18-10-14-20-12(2)21-22-14/h7-8H,3-6,9-10H2,1-2H3,(H2,17,18,24)(H,20,21,22). The zero-order valence-corrected chi connectivity index (χ0v) is 14.1. The molecule has 24 heavy (non-hydrogen) atoms. The van der Waals surface area contributed by atoms with Crippen molar-refractivity contribution in [3.05, 3.63) is 35.0 Å². The van der Waals surface area contributed by atoms with E-state index < -0.39 is 0 Å². The van der Waals surface area contributed by atoms with Crippen LogP contribution in [-0.2, 0) is 13.1 Å². The monoisotopic (exact) mass is 329 g/mol. The number of hydrogen-bond acceptors (Lipinski definition) is 5. The molecule has 0 unspecified atom stereocenters. The van der Waals surface area contributed by atoms with Crippen LogP contribution in [-0.4, -0.2) is 39.3 Å². The molecule has 1 saturated heterocycles. The summed E-state index contributed by atoms with van der Waals surface area (Å²) in [5.41, 5.74) is 2.01. The molecule has 128 valence electrons. The predicted molar refractivity (Wildman–Crippen MR) is 90.6 cm³/mol. The number of rotatable bonds is 5. The first kappa shape index (κ1) is 16.2. The van der Waals surface area contributed by atoms with E-state index >= 15 is 0 Å². The van der Waals surface area contributed by atoms with Gasteiger partial charge in [-0.15, -0.1) is 0 Å². The number of hydrogen-bond donors (Lipinski definition) is 3. The van der Waals surface area contributed by atoms with E-state index in [0.29, 0.717) is 18.9 Å². The Bertz CT molecular complexity index is 706. The van der Waals surface area contributed by atoms with Gasteiger partial charge in [-0.3, -0.25) is 5.10 Å². The molecule has 2 aromatic rings. The lowest BCUT2D eigenvalue weighted by atomic mass is 10.2. The summed E-state index contributed by atoms with van der Waals surface area (Å²) in [5, 5.41) is 12.3. The molecule has 3 heterocycles. The predicted octanol–water partition coefficient (Wildman–Crippen LogP) is 1.42. The Hall–Kier alpha value is -2.64. The van der Waals surface area contributed by atoms with E-state index in [4.69, 9.17) is 0 Å². The summed E-state index contributed by atoms with van der Waals surface area (Å²) in [4.78, 5) is 22.9. The molecule has 0 aromatic carbocycles. The molecule has 0 aliphatic carbocycles. The Morgan fingerprint density at radius 2 is 1.92 bits per heavy atom. The third kappa shape index (κ3) is 4.21. The smallest absolute Gasteiger partial charge is 0.315 e. The van der Waals surface area contributed by atoms with E-state index in [1.807, 2.05) is 19.9 Å². The molecule has 0 spiro atoms. The van der Waals surface area contributed by atoms with E-state index in [0.717, 1.165) is 36.0 Å². The minimum absolute atomic E-state index is 0.241. The first-order valence-corrected chi connectivity index (χ1v) is 8.22. The van der Waals surface area contributed by atoms with Crippen LogP contribution in [0.4, 0.5) is 10.6 Å². The van der Waals surface area contributed by atoms with E-state index in [1.165, 1.54) is 12.8 Å². The molecule has 0 saturated carbocycles. The molecule has 8 nitrogen and oxygen atoms in total. The number of aromatic nitrogens is 4. The van der Waals surface area contributed by atoms with Crippen molar-refractivity contribution in [2.75, 3.05) is 18.0 Å².